The summed E-state index contributed by atoms with van der Waals surface area (Å²) in [4.78, 5) is 38.2. The molecule has 0 fully saturated rings. The first-order chi connectivity index (χ1) is 14.0. The number of anilines is 2. The Bertz CT molecular complexity index is 896. The topological polar surface area (TPSA) is 94.2 Å². The van der Waals surface area contributed by atoms with Gasteiger partial charge >= 0.3 is 5.97 Å². The zero-order valence-electron chi connectivity index (χ0n) is 16.2. The number of ether oxygens (including phenoxy) is 3. The molecule has 1 N–H and O–H groups in total. The predicted octanol–water partition coefficient (Wildman–Crippen LogP) is 2.38. The molecule has 0 aliphatic carbocycles. The first kappa shape index (κ1) is 20.2. The maximum Gasteiger partial charge on any atom is 0.344 e. The Morgan fingerprint density at radius 3 is 2.48 bits per heavy atom. The molecule has 2 aromatic rings. The molecule has 0 saturated carbocycles. The van der Waals surface area contributed by atoms with E-state index in [1.807, 2.05) is 0 Å². The number of esters is 1. The fourth-order valence-electron chi connectivity index (χ4n) is 3.04. The van der Waals surface area contributed by atoms with Gasteiger partial charge in [0.1, 0.15) is 11.5 Å². The van der Waals surface area contributed by atoms with Crippen molar-refractivity contribution in [3.05, 3.63) is 48.5 Å². The Kier molecular flexibility index (Phi) is 6.33. The molecule has 0 bridgehead atoms. The van der Waals surface area contributed by atoms with Crippen molar-refractivity contribution >= 4 is 29.2 Å². The van der Waals surface area contributed by atoms with Crippen LogP contribution in [-0.4, -0.2) is 44.1 Å². The number of nitrogens with zero attached hydrogens (tertiary/aromatic N) is 1. The van der Waals surface area contributed by atoms with Crippen LogP contribution in [0.15, 0.2) is 48.5 Å². The molecule has 0 saturated heterocycles. The Hall–Kier alpha value is -3.55. The summed E-state index contributed by atoms with van der Waals surface area (Å²) in [5, 5.41) is 2.78. The molecule has 1 aliphatic heterocycles. The lowest BCUT2D eigenvalue weighted by Crippen LogP contribution is -2.41. The molecule has 1 atom stereocenters. The van der Waals surface area contributed by atoms with Crippen molar-refractivity contribution in [1.29, 1.82) is 0 Å². The van der Waals surface area contributed by atoms with Gasteiger partial charge in [-0.3, -0.25) is 9.59 Å². The molecule has 0 radical (unpaired) electrons. The minimum Gasteiger partial charge on any atom is -0.497 e. The molecule has 152 valence electrons. The minimum atomic E-state index is -0.667. The van der Waals surface area contributed by atoms with Crippen molar-refractivity contribution in [1.82, 2.24) is 0 Å². The first-order valence-electron chi connectivity index (χ1n) is 9.11. The van der Waals surface area contributed by atoms with Crippen molar-refractivity contribution in [3.8, 4) is 11.5 Å². The van der Waals surface area contributed by atoms with E-state index in [1.54, 1.807) is 62.6 Å². The highest BCUT2D eigenvalue weighted by Crippen LogP contribution is 2.31. The quantitative estimate of drug-likeness (QED) is 0.751. The van der Waals surface area contributed by atoms with Crippen LogP contribution in [0.4, 0.5) is 11.4 Å². The molecule has 1 heterocycles. The molecular formula is C21H22N2O6. The zero-order chi connectivity index (χ0) is 20.8. The van der Waals surface area contributed by atoms with Gasteiger partial charge in [0.2, 0.25) is 5.91 Å². The van der Waals surface area contributed by atoms with Gasteiger partial charge in [0.25, 0.3) is 5.91 Å². The largest absolute Gasteiger partial charge is 0.497 e. The van der Waals surface area contributed by atoms with Crippen LogP contribution in [0.2, 0.25) is 0 Å². The second-order valence-electron chi connectivity index (χ2n) is 6.51. The Labute approximate surface area is 168 Å². The van der Waals surface area contributed by atoms with Gasteiger partial charge in [0.05, 0.1) is 18.5 Å². The summed E-state index contributed by atoms with van der Waals surface area (Å²) in [6.07, 6.45) is 0.148. The fourth-order valence-corrected chi connectivity index (χ4v) is 3.04. The summed E-state index contributed by atoms with van der Waals surface area (Å²) in [6, 6.07) is 13.4. The van der Waals surface area contributed by atoms with Crippen molar-refractivity contribution in [2.45, 2.75) is 19.4 Å². The number of hydrogen-bond donors (Lipinski definition) is 1. The number of carbonyl (C=O) groups is 3. The molecular weight excluding hydrogens is 376 g/mol. The zero-order valence-corrected chi connectivity index (χ0v) is 16.2. The second-order valence-corrected chi connectivity index (χ2v) is 6.51. The third-order valence-corrected chi connectivity index (χ3v) is 4.40. The van der Waals surface area contributed by atoms with E-state index >= 15 is 0 Å². The maximum absolute atomic E-state index is 12.7. The second kappa shape index (κ2) is 9.09. The van der Waals surface area contributed by atoms with Gasteiger partial charge in [-0.15, -0.1) is 0 Å². The molecule has 2 amide bonds. The number of para-hydroxylation sites is 2. The molecule has 8 nitrogen and oxygen atoms in total. The number of fused-ring (bicyclic) bond motifs is 1. The molecule has 29 heavy (non-hydrogen) atoms. The van der Waals surface area contributed by atoms with E-state index in [9.17, 15) is 14.4 Å². The normalized spacial score (nSPS) is 15.6. The average Bonchev–Trinajstić information content (AvgIpc) is 2.85. The van der Waals surface area contributed by atoms with Gasteiger partial charge in [0.15, 0.2) is 13.2 Å². The standard InChI is InChI=1S/C21H22N2O6/c1-14-11-19(24)22-17-5-3-4-6-18(17)23(14)20(25)12-29-21(26)13-28-16-9-7-15(27-2)8-10-16/h3-10,14H,11-13H2,1-2H3,(H,22,24). The number of methoxy groups -OCH3 is 1. The van der Waals surface area contributed by atoms with Crippen molar-refractivity contribution in [2.75, 3.05) is 30.5 Å². The fraction of sp³-hybridized carbons (Fsp3) is 0.286. The van der Waals surface area contributed by atoms with Crippen LogP contribution in [-0.2, 0) is 19.1 Å². The maximum atomic E-state index is 12.7. The van der Waals surface area contributed by atoms with Crippen LogP contribution in [0.25, 0.3) is 0 Å². The molecule has 0 spiro atoms. The number of hydrogen-bond acceptors (Lipinski definition) is 6. The van der Waals surface area contributed by atoms with Gasteiger partial charge in [-0.2, -0.15) is 0 Å². The molecule has 0 aromatic heterocycles. The predicted molar refractivity (Wildman–Crippen MR) is 106 cm³/mol. The Morgan fingerprint density at radius 1 is 1.07 bits per heavy atom. The van der Waals surface area contributed by atoms with Crippen LogP contribution in [0.3, 0.4) is 0 Å². The Balaban J connectivity index is 1.57. The third-order valence-electron chi connectivity index (χ3n) is 4.40. The van der Waals surface area contributed by atoms with E-state index in [2.05, 4.69) is 5.32 Å². The molecule has 1 aliphatic rings. The highest BCUT2D eigenvalue weighted by Gasteiger charge is 2.30. The van der Waals surface area contributed by atoms with Gasteiger partial charge < -0.3 is 24.4 Å². The van der Waals surface area contributed by atoms with Crippen LogP contribution >= 0.6 is 0 Å². The number of benzene rings is 2. The Morgan fingerprint density at radius 2 is 1.76 bits per heavy atom. The van der Waals surface area contributed by atoms with Gasteiger partial charge in [0, 0.05) is 12.5 Å². The van der Waals surface area contributed by atoms with E-state index in [4.69, 9.17) is 14.2 Å². The highest BCUT2D eigenvalue weighted by atomic mass is 16.6. The summed E-state index contributed by atoms with van der Waals surface area (Å²) in [7, 11) is 1.56. The smallest absolute Gasteiger partial charge is 0.344 e. The number of rotatable bonds is 6. The van der Waals surface area contributed by atoms with Gasteiger partial charge in [-0.25, -0.2) is 4.79 Å². The minimum absolute atomic E-state index is 0.148. The number of carbonyl (C=O) groups excluding carboxylic acids is 3. The third kappa shape index (κ3) is 5.04. The van der Waals surface area contributed by atoms with E-state index in [0.29, 0.717) is 22.9 Å². The number of nitrogens with one attached hydrogen (secondary N) is 1. The van der Waals surface area contributed by atoms with Crippen molar-refractivity contribution in [2.24, 2.45) is 0 Å². The summed E-state index contributed by atoms with van der Waals surface area (Å²) in [5.41, 5.74) is 1.12. The molecule has 2 aromatic carbocycles. The van der Waals surface area contributed by atoms with Crippen LogP contribution in [0.5, 0.6) is 11.5 Å². The summed E-state index contributed by atoms with van der Waals surface area (Å²) in [5.74, 6) is -0.109. The number of amides is 2. The highest BCUT2D eigenvalue weighted by molar-refractivity contribution is 6.05. The van der Waals surface area contributed by atoms with Crippen LogP contribution in [0, 0.1) is 0 Å². The lowest BCUT2D eigenvalue weighted by molar-refractivity contribution is -0.149. The lowest BCUT2D eigenvalue weighted by atomic mass is 10.1. The summed E-state index contributed by atoms with van der Waals surface area (Å²) >= 11 is 0. The van der Waals surface area contributed by atoms with Gasteiger partial charge in [-0.05, 0) is 43.3 Å². The van der Waals surface area contributed by atoms with Crippen molar-refractivity contribution in [3.63, 3.8) is 0 Å². The van der Waals surface area contributed by atoms with E-state index < -0.39 is 18.5 Å². The summed E-state index contributed by atoms with van der Waals surface area (Å²) in [6.45, 7) is 0.998. The first-order valence-corrected chi connectivity index (χ1v) is 9.11. The average molecular weight is 398 g/mol. The lowest BCUT2D eigenvalue weighted by Gasteiger charge is -2.27. The van der Waals surface area contributed by atoms with E-state index in [-0.39, 0.29) is 25.0 Å². The van der Waals surface area contributed by atoms with E-state index in [0.717, 1.165) is 0 Å². The molecule has 1 unspecified atom stereocenters. The van der Waals surface area contributed by atoms with Gasteiger partial charge in [-0.1, -0.05) is 12.1 Å². The van der Waals surface area contributed by atoms with Crippen LogP contribution < -0.4 is 19.7 Å². The van der Waals surface area contributed by atoms with Crippen molar-refractivity contribution < 1.29 is 28.6 Å². The summed E-state index contributed by atoms with van der Waals surface area (Å²) < 4.78 is 15.5. The molecule has 8 heteroatoms. The monoisotopic (exact) mass is 398 g/mol. The molecule has 3 rings (SSSR count). The van der Waals surface area contributed by atoms with E-state index in [1.165, 1.54) is 4.90 Å². The van der Waals surface area contributed by atoms with Crippen LogP contribution in [0.1, 0.15) is 13.3 Å². The SMILES string of the molecule is COc1ccc(OCC(=O)OCC(=O)N2c3ccccc3NC(=O)CC2C)cc1.